The standard InChI is InChI=1S/C9H9Cl3Si/c1-2-8-3-5-9(6-4-8)7-13(10,11)12/h2-6H,1,7H2. The number of rotatable bonds is 3. The molecule has 0 amide bonds. The number of hydrogen-bond acceptors (Lipinski definition) is 0. The highest BCUT2D eigenvalue weighted by atomic mass is 35.8. The maximum atomic E-state index is 5.79. The summed E-state index contributed by atoms with van der Waals surface area (Å²) in [5.41, 5.74) is 2.15. The van der Waals surface area contributed by atoms with Gasteiger partial charge in [0.05, 0.1) is 0 Å². The van der Waals surface area contributed by atoms with E-state index in [1.165, 1.54) is 0 Å². The van der Waals surface area contributed by atoms with E-state index in [4.69, 9.17) is 33.2 Å². The Bertz CT molecular complexity index is 287. The molecule has 0 N–H and O–H groups in total. The Labute approximate surface area is 93.2 Å². The average molecular weight is 252 g/mol. The highest BCUT2D eigenvalue weighted by molar-refractivity contribution is 7.64. The van der Waals surface area contributed by atoms with Crippen molar-refractivity contribution in [2.75, 3.05) is 0 Å². The summed E-state index contributed by atoms with van der Waals surface area (Å²) in [4.78, 5) is 0. The summed E-state index contributed by atoms with van der Waals surface area (Å²) < 4.78 is 0. The summed E-state index contributed by atoms with van der Waals surface area (Å²) >= 11 is 17.4. The molecule has 1 aromatic carbocycles. The molecule has 1 aromatic rings. The smallest absolute Gasteiger partial charge is 0.126 e. The van der Waals surface area contributed by atoms with E-state index >= 15 is 0 Å². The molecular formula is C9H9Cl3Si. The van der Waals surface area contributed by atoms with E-state index in [2.05, 4.69) is 6.58 Å². The van der Waals surface area contributed by atoms with Crippen LogP contribution < -0.4 is 0 Å². The van der Waals surface area contributed by atoms with Crippen molar-refractivity contribution < 1.29 is 0 Å². The molecule has 70 valence electrons. The van der Waals surface area contributed by atoms with E-state index in [0.717, 1.165) is 11.1 Å². The zero-order valence-corrected chi connectivity index (χ0v) is 10.2. The van der Waals surface area contributed by atoms with Crippen LogP contribution in [0.15, 0.2) is 30.8 Å². The SMILES string of the molecule is C=Cc1ccc(C[Si](Cl)(Cl)Cl)cc1. The second-order valence-electron chi connectivity index (χ2n) is 2.74. The lowest BCUT2D eigenvalue weighted by Gasteiger charge is -2.07. The Morgan fingerprint density at radius 3 is 2.08 bits per heavy atom. The molecule has 0 bridgehead atoms. The molecule has 0 spiro atoms. The monoisotopic (exact) mass is 250 g/mol. The first-order chi connectivity index (χ1) is 6.01. The second-order valence-corrected chi connectivity index (χ2v) is 11.9. The van der Waals surface area contributed by atoms with Crippen molar-refractivity contribution in [2.24, 2.45) is 0 Å². The molecule has 0 unspecified atom stereocenters. The Balaban J connectivity index is 2.75. The van der Waals surface area contributed by atoms with Gasteiger partial charge >= 0.3 is 6.00 Å². The van der Waals surface area contributed by atoms with Crippen molar-refractivity contribution in [2.45, 2.75) is 6.04 Å². The first-order valence-corrected chi connectivity index (χ1v) is 9.04. The van der Waals surface area contributed by atoms with Crippen LogP contribution in [0.25, 0.3) is 6.08 Å². The van der Waals surface area contributed by atoms with Gasteiger partial charge in [-0.3, -0.25) is 0 Å². The molecule has 0 radical (unpaired) electrons. The third-order valence-corrected chi connectivity index (χ3v) is 3.63. The van der Waals surface area contributed by atoms with Gasteiger partial charge in [-0.2, -0.15) is 0 Å². The van der Waals surface area contributed by atoms with E-state index < -0.39 is 6.00 Å². The minimum atomic E-state index is -2.53. The van der Waals surface area contributed by atoms with Crippen molar-refractivity contribution in [3.05, 3.63) is 42.0 Å². The van der Waals surface area contributed by atoms with Crippen molar-refractivity contribution in [1.82, 2.24) is 0 Å². The first-order valence-electron chi connectivity index (χ1n) is 3.79. The summed E-state index contributed by atoms with van der Waals surface area (Å²) in [5, 5.41) is 0. The maximum Gasteiger partial charge on any atom is 0.345 e. The highest BCUT2D eigenvalue weighted by Crippen LogP contribution is 2.24. The van der Waals surface area contributed by atoms with E-state index in [1.807, 2.05) is 24.3 Å². The summed E-state index contributed by atoms with van der Waals surface area (Å²) in [6, 6.07) is 5.89. The number of hydrogen-bond donors (Lipinski definition) is 0. The summed E-state index contributed by atoms with van der Waals surface area (Å²) in [5.74, 6) is 0. The molecule has 0 aromatic heterocycles. The van der Waals surface area contributed by atoms with E-state index in [1.54, 1.807) is 6.08 Å². The van der Waals surface area contributed by atoms with Gasteiger partial charge in [-0.05, 0) is 11.1 Å². The molecule has 0 heterocycles. The molecule has 0 aliphatic carbocycles. The van der Waals surface area contributed by atoms with Crippen LogP contribution in [0.4, 0.5) is 0 Å². The quantitative estimate of drug-likeness (QED) is 0.561. The van der Waals surface area contributed by atoms with Gasteiger partial charge in [0.1, 0.15) is 0 Å². The molecule has 0 aliphatic rings. The normalized spacial score (nSPS) is 11.3. The summed E-state index contributed by atoms with van der Waals surface area (Å²) in [7, 11) is 0. The van der Waals surface area contributed by atoms with Crippen LogP contribution in [0, 0.1) is 0 Å². The highest BCUT2D eigenvalue weighted by Gasteiger charge is 2.24. The zero-order valence-electron chi connectivity index (χ0n) is 6.93. The number of benzene rings is 1. The van der Waals surface area contributed by atoms with E-state index in [-0.39, 0.29) is 0 Å². The van der Waals surface area contributed by atoms with Gasteiger partial charge in [-0.25, -0.2) is 0 Å². The number of halogens is 3. The van der Waals surface area contributed by atoms with Crippen molar-refractivity contribution in [1.29, 1.82) is 0 Å². The molecule has 1 rings (SSSR count). The molecule has 0 nitrogen and oxygen atoms in total. The predicted molar refractivity (Wildman–Crippen MR) is 63.6 cm³/mol. The molecule has 4 heteroatoms. The predicted octanol–water partition coefficient (Wildman–Crippen LogP) is 4.07. The largest absolute Gasteiger partial charge is 0.345 e. The lowest BCUT2D eigenvalue weighted by atomic mass is 10.1. The van der Waals surface area contributed by atoms with E-state index in [9.17, 15) is 0 Å². The van der Waals surface area contributed by atoms with Crippen LogP contribution >= 0.6 is 33.2 Å². The van der Waals surface area contributed by atoms with Crippen LogP contribution in [0.2, 0.25) is 0 Å². The van der Waals surface area contributed by atoms with Crippen LogP contribution in [-0.4, -0.2) is 6.00 Å². The lowest BCUT2D eigenvalue weighted by molar-refractivity contribution is 1.38. The first kappa shape index (κ1) is 11.1. The molecule has 0 atom stereocenters. The van der Waals surface area contributed by atoms with Crippen molar-refractivity contribution in [3.8, 4) is 0 Å². The van der Waals surface area contributed by atoms with Crippen LogP contribution in [-0.2, 0) is 6.04 Å². The Morgan fingerprint density at radius 2 is 1.69 bits per heavy atom. The third kappa shape index (κ3) is 4.18. The molecule has 13 heavy (non-hydrogen) atoms. The lowest BCUT2D eigenvalue weighted by Crippen LogP contribution is -2.13. The third-order valence-electron chi connectivity index (χ3n) is 1.62. The van der Waals surface area contributed by atoms with Gasteiger partial charge in [-0.15, -0.1) is 33.2 Å². The topological polar surface area (TPSA) is 0 Å². The second kappa shape index (κ2) is 4.51. The van der Waals surface area contributed by atoms with Crippen molar-refractivity contribution >= 4 is 45.3 Å². The Hall–Kier alpha value is 0.0469. The minimum Gasteiger partial charge on any atom is -0.126 e. The maximum absolute atomic E-state index is 5.79. The van der Waals surface area contributed by atoms with Gasteiger partial charge in [0, 0.05) is 6.04 Å². The molecule has 0 saturated heterocycles. The van der Waals surface area contributed by atoms with Crippen LogP contribution in [0.5, 0.6) is 0 Å². The molecule has 0 aliphatic heterocycles. The zero-order chi connectivity index (χ0) is 9.90. The van der Waals surface area contributed by atoms with Crippen LogP contribution in [0.3, 0.4) is 0 Å². The fourth-order valence-corrected chi connectivity index (χ4v) is 3.09. The fraction of sp³-hybridized carbons (Fsp3) is 0.111. The van der Waals surface area contributed by atoms with Gasteiger partial charge in [0.25, 0.3) is 0 Å². The Kier molecular flexibility index (Phi) is 3.86. The van der Waals surface area contributed by atoms with Gasteiger partial charge in [-0.1, -0.05) is 36.9 Å². The minimum absolute atomic E-state index is 0.565. The summed E-state index contributed by atoms with van der Waals surface area (Å²) in [6.07, 6.45) is 1.79. The summed E-state index contributed by atoms with van der Waals surface area (Å²) in [6.45, 7) is 3.67. The molecule has 0 saturated carbocycles. The Morgan fingerprint density at radius 1 is 1.15 bits per heavy atom. The average Bonchev–Trinajstić information content (AvgIpc) is 2.03. The van der Waals surface area contributed by atoms with Gasteiger partial charge in [0.2, 0.25) is 0 Å². The van der Waals surface area contributed by atoms with Crippen LogP contribution in [0.1, 0.15) is 11.1 Å². The fourth-order valence-electron chi connectivity index (χ4n) is 1.00. The molecular weight excluding hydrogens is 243 g/mol. The van der Waals surface area contributed by atoms with Gasteiger partial charge < -0.3 is 0 Å². The van der Waals surface area contributed by atoms with Crippen molar-refractivity contribution in [3.63, 3.8) is 0 Å². The van der Waals surface area contributed by atoms with E-state index in [0.29, 0.717) is 6.04 Å². The molecule has 0 fully saturated rings. The van der Waals surface area contributed by atoms with Gasteiger partial charge in [0.15, 0.2) is 0 Å².